The Morgan fingerprint density at radius 1 is 1.08 bits per heavy atom. The largest absolute Gasteiger partial charge is 0.483 e. The van der Waals surface area contributed by atoms with Gasteiger partial charge in [0.2, 0.25) is 11.8 Å². The van der Waals surface area contributed by atoms with Gasteiger partial charge in [0.1, 0.15) is 11.8 Å². The molecular formula is C25H34Cl2N4O5. The molecule has 2 aromatic carbocycles. The summed E-state index contributed by atoms with van der Waals surface area (Å²) in [4.78, 5) is 36.8. The summed E-state index contributed by atoms with van der Waals surface area (Å²) in [6, 6.07) is 13.0. The summed E-state index contributed by atoms with van der Waals surface area (Å²) in [6.07, 6.45) is 1.57. The van der Waals surface area contributed by atoms with Crippen LogP contribution in [0.1, 0.15) is 30.9 Å². The SMILES string of the molecule is C[C@H](NC(=O)[C@H](N)CCc1ccccc1)C(=O)NCc1cc(Cl)ccc1OCC(=O)NCCCO.Cl. The number of hydrogen-bond donors (Lipinski definition) is 5. The summed E-state index contributed by atoms with van der Waals surface area (Å²) in [7, 11) is 0. The molecule has 0 spiro atoms. The number of carbonyl (C=O) groups is 3. The first-order chi connectivity index (χ1) is 16.8. The zero-order valence-electron chi connectivity index (χ0n) is 20.2. The number of aliphatic hydroxyl groups excluding tert-OH is 1. The van der Waals surface area contributed by atoms with Gasteiger partial charge in [-0.1, -0.05) is 41.9 Å². The van der Waals surface area contributed by atoms with Crippen molar-refractivity contribution in [1.29, 1.82) is 0 Å². The Bertz CT molecular complexity index is 978. The lowest BCUT2D eigenvalue weighted by Gasteiger charge is -2.18. The van der Waals surface area contributed by atoms with E-state index in [1.807, 2.05) is 30.3 Å². The van der Waals surface area contributed by atoms with E-state index in [4.69, 9.17) is 27.2 Å². The van der Waals surface area contributed by atoms with Crippen LogP contribution in [0.25, 0.3) is 0 Å². The molecule has 198 valence electrons. The van der Waals surface area contributed by atoms with Crippen molar-refractivity contribution >= 4 is 41.7 Å². The van der Waals surface area contributed by atoms with Crippen LogP contribution in [0.4, 0.5) is 0 Å². The number of rotatable bonds is 14. The second-order valence-electron chi connectivity index (χ2n) is 8.05. The highest BCUT2D eigenvalue weighted by Crippen LogP contribution is 2.23. The van der Waals surface area contributed by atoms with Crippen LogP contribution >= 0.6 is 24.0 Å². The van der Waals surface area contributed by atoms with Crippen molar-refractivity contribution in [3.8, 4) is 5.75 Å². The number of halogens is 2. The average molecular weight is 541 g/mol. The number of nitrogens with one attached hydrogen (secondary N) is 3. The Labute approximate surface area is 222 Å². The summed E-state index contributed by atoms with van der Waals surface area (Å²) >= 11 is 6.08. The van der Waals surface area contributed by atoms with Crippen molar-refractivity contribution in [2.45, 2.75) is 44.8 Å². The van der Waals surface area contributed by atoms with E-state index in [9.17, 15) is 14.4 Å². The number of amides is 3. The van der Waals surface area contributed by atoms with Gasteiger partial charge in [-0.15, -0.1) is 12.4 Å². The molecule has 0 aromatic heterocycles. The molecule has 0 saturated carbocycles. The normalized spacial score (nSPS) is 12.0. The van der Waals surface area contributed by atoms with Crippen LogP contribution < -0.4 is 26.4 Å². The molecule has 9 nitrogen and oxygen atoms in total. The van der Waals surface area contributed by atoms with Crippen molar-refractivity contribution in [2.24, 2.45) is 5.73 Å². The first-order valence-corrected chi connectivity index (χ1v) is 11.8. The lowest BCUT2D eigenvalue weighted by molar-refractivity contribution is -0.129. The van der Waals surface area contributed by atoms with Crippen LogP contribution in [0.2, 0.25) is 5.02 Å². The highest BCUT2D eigenvalue weighted by molar-refractivity contribution is 6.30. The lowest BCUT2D eigenvalue weighted by Crippen LogP contribution is -2.50. The molecule has 3 amide bonds. The fourth-order valence-electron chi connectivity index (χ4n) is 3.15. The summed E-state index contributed by atoms with van der Waals surface area (Å²) in [5.74, 6) is -0.737. The fraction of sp³-hybridized carbons (Fsp3) is 0.400. The van der Waals surface area contributed by atoms with E-state index in [1.54, 1.807) is 25.1 Å². The minimum Gasteiger partial charge on any atom is -0.483 e. The number of hydrogen-bond acceptors (Lipinski definition) is 6. The molecule has 6 N–H and O–H groups in total. The molecule has 0 aliphatic carbocycles. The van der Waals surface area contributed by atoms with Crippen LogP contribution in [-0.2, 0) is 27.3 Å². The molecule has 0 saturated heterocycles. The van der Waals surface area contributed by atoms with E-state index >= 15 is 0 Å². The average Bonchev–Trinajstić information content (AvgIpc) is 2.85. The van der Waals surface area contributed by atoms with Gasteiger partial charge >= 0.3 is 0 Å². The summed E-state index contributed by atoms with van der Waals surface area (Å²) in [5.41, 5.74) is 7.65. The quantitative estimate of drug-likeness (QED) is 0.231. The second kappa shape index (κ2) is 16.8. The molecule has 0 fully saturated rings. The van der Waals surface area contributed by atoms with Gasteiger partial charge in [0, 0.05) is 30.3 Å². The lowest BCUT2D eigenvalue weighted by atomic mass is 10.1. The monoisotopic (exact) mass is 540 g/mol. The molecule has 2 atom stereocenters. The zero-order valence-corrected chi connectivity index (χ0v) is 21.7. The third kappa shape index (κ3) is 11.3. The van der Waals surface area contributed by atoms with Crippen molar-refractivity contribution in [3.05, 3.63) is 64.7 Å². The van der Waals surface area contributed by atoms with E-state index in [0.29, 0.717) is 42.1 Å². The Kier molecular flexibility index (Phi) is 14.5. The zero-order chi connectivity index (χ0) is 25.6. The maximum absolute atomic E-state index is 12.5. The molecule has 0 aliphatic rings. The van der Waals surface area contributed by atoms with Crippen LogP contribution in [-0.4, -0.2) is 54.7 Å². The first-order valence-electron chi connectivity index (χ1n) is 11.5. The van der Waals surface area contributed by atoms with Gasteiger partial charge in [-0.3, -0.25) is 14.4 Å². The topological polar surface area (TPSA) is 143 Å². The van der Waals surface area contributed by atoms with Crippen molar-refractivity contribution < 1.29 is 24.2 Å². The highest BCUT2D eigenvalue weighted by Gasteiger charge is 2.20. The summed E-state index contributed by atoms with van der Waals surface area (Å²) in [6.45, 7) is 1.77. The number of ether oxygens (including phenoxy) is 1. The van der Waals surface area contributed by atoms with E-state index in [-0.39, 0.29) is 38.1 Å². The third-order valence-electron chi connectivity index (χ3n) is 5.17. The fourth-order valence-corrected chi connectivity index (χ4v) is 3.34. The highest BCUT2D eigenvalue weighted by atomic mass is 35.5. The van der Waals surface area contributed by atoms with E-state index in [2.05, 4.69) is 16.0 Å². The van der Waals surface area contributed by atoms with Crippen LogP contribution in [0.15, 0.2) is 48.5 Å². The minimum atomic E-state index is -0.800. The van der Waals surface area contributed by atoms with Gasteiger partial charge in [0.05, 0.1) is 6.04 Å². The maximum atomic E-state index is 12.5. The van der Waals surface area contributed by atoms with E-state index in [1.165, 1.54) is 0 Å². The number of nitrogens with two attached hydrogens (primary N) is 1. The van der Waals surface area contributed by atoms with Gasteiger partial charge in [-0.25, -0.2) is 0 Å². The molecule has 0 aliphatic heterocycles. The van der Waals surface area contributed by atoms with Gasteiger partial charge in [-0.2, -0.15) is 0 Å². The molecule has 0 radical (unpaired) electrons. The smallest absolute Gasteiger partial charge is 0.257 e. The molecule has 36 heavy (non-hydrogen) atoms. The molecule has 2 rings (SSSR count). The number of carbonyl (C=O) groups excluding carboxylic acids is 3. The number of benzene rings is 2. The van der Waals surface area contributed by atoms with Crippen LogP contribution in [0.5, 0.6) is 5.75 Å². The van der Waals surface area contributed by atoms with Crippen molar-refractivity contribution in [2.75, 3.05) is 19.8 Å². The Balaban J connectivity index is 0.00000648. The second-order valence-corrected chi connectivity index (χ2v) is 8.48. The van der Waals surface area contributed by atoms with Crippen LogP contribution in [0.3, 0.4) is 0 Å². The molecule has 0 bridgehead atoms. The Morgan fingerprint density at radius 2 is 1.81 bits per heavy atom. The molecule has 0 unspecified atom stereocenters. The standard InChI is InChI=1S/C25H33ClN4O5.ClH/c1-17(30-25(34)21(27)10-8-18-6-3-2-4-7-18)24(33)29-15-19-14-20(26)9-11-22(19)35-16-23(32)28-12-5-13-31;/h2-4,6-7,9,11,14,17,21,31H,5,8,10,12-13,15-16,27H2,1H3,(H,28,32)(H,29,33)(H,30,34);1H/t17-,21+;/m0./s1. The summed E-state index contributed by atoms with van der Waals surface area (Å²) < 4.78 is 5.57. The summed E-state index contributed by atoms with van der Waals surface area (Å²) in [5, 5.41) is 17.2. The molecule has 11 heteroatoms. The Hall–Kier alpha value is -2.85. The van der Waals surface area contributed by atoms with Crippen molar-refractivity contribution in [1.82, 2.24) is 16.0 Å². The van der Waals surface area contributed by atoms with Gasteiger partial charge in [0.15, 0.2) is 6.61 Å². The number of aryl methyl sites for hydroxylation is 1. The van der Waals surface area contributed by atoms with E-state index < -0.39 is 23.9 Å². The third-order valence-corrected chi connectivity index (χ3v) is 5.40. The maximum Gasteiger partial charge on any atom is 0.257 e. The predicted molar refractivity (Wildman–Crippen MR) is 141 cm³/mol. The molecular weight excluding hydrogens is 507 g/mol. The minimum absolute atomic E-state index is 0. The van der Waals surface area contributed by atoms with Gasteiger partial charge < -0.3 is 31.5 Å². The molecule has 0 heterocycles. The van der Waals surface area contributed by atoms with Gasteiger partial charge in [0.25, 0.3) is 5.91 Å². The van der Waals surface area contributed by atoms with Crippen molar-refractivity contribution in [3.63, 3.8) is 0 Å². The van der Waals surface area contributed by atoms with E-state index in [0.717, 1.165) is 5.56 Å². The number of aliphatic hydroxyl groups is 1. The predicted octanol–water partition coefficient (Wildman–Crippen LogP) is 1.72. The first kappa shape index (κ1) is 31.2. The van der Waals surface area contributed by atoms with Gasteiger partial charge in [-0.05, 0) is 49.9 Å². The van der Waals surface area contributed by atoms with Crippen LogP contribution in [0, 0.1) is 0 Å². The Morgan fingerprint density at radius 3 is 2.50 bits per heavy atom. The molecule has 2 aromatic rings.